The number of para-hydroxylation sites is 1. The van der Waals surface area contributed by atoms with Gasteiger partial charge < -0.3 is 29.9 Å². The number of piperidine rings is 1. The van der Waals surface area contributed by atoms with Crippen LogP contribution in [0, 0.1) is 5.82 Å². The lowest BCUT2D eigenvalue weighted by molar-refractivity contribution is -0.0155. The number of nitrogens with one attached hydrogen (secondary N) is 2. The van der Waals surface area contributed by atoms with Crippen LogP contribution in [0.25, 0.3) is 0 Å². The maximum atomic E-state index is 15.7. The fourth-order valence-electron chi connectivity index (χ4n) is 6.31. The lowest BCUT2D eigenvalue weighted by atomic mass is 9.99. The minimum absolute atomic E-state index is 0.0713. The molecule has 43 heavy (non-hydrogen) atoms. The Balaban J connectivity index is 1.15. The molecular formula is C30H38ClFN7O3P. The highest BCUT2D eigenvalue weighted by molar-refractivity contribution is 7.70. The molecule has 0 radical (unpaired) electrons. The number of anilines is 5. The number of aliphatic hydroxyl groups excluding tert-OH is 1. The first-order chi connectivity index (χ1) is 20.6. The number of halogens is 2. The van der Waals surface area contributed by atoms with Gasteiger partial charge in [-0.2, -0.15) is 4.98 Å². The summed E-state index contributed by atoms with van der Waals surface area (Å²) in [6.07, 6.45) is 3.09. The molecule has 1 aromatic heterocycles. The SMILES string of the molecule is CC(O)N1CCC(N2CCN3c4c(F)cc(Nc5ncc(Cl)c(Nc6ccccc6P(C)(C)=O)n5)cc4OC[C@@H]3C2)CC1. The van der Waals surface area contributed by atoms with Gasteiger partial charge in [-0.05, 0) is 51.3 Å². The summed E-state index contributed by atoms with van der Waals surface area (Å²) < 4.78 is 34.6. The largest absolute Gasteiger partial charge is 0.489 e. The standard InChI is InChI=1S/C30H38ClFN7O3P/c1-19(40)37-10-8-21(9-11-37)38-12-13-39-22(17-38)18-42-26-15-20(14-24(32)28(26)39)34-30-33-16-23(31)29(36-30)35-25-6-4-5-7-27(25)43(2,3)41/h4-7,14-16,19,21-22,40H,8-13,17-18H2,1-3H3,(H2,33,34,35,36)/t19?,22-/m0/s1. The number of hydrogen-bond acceptors (Lipinski definition) is 10. The van der Waals surface area contributed by atoms with E-state index in [1.165, 1.54) is 12.3 Å². The molecule has 0 amide bonds. The van der Waals surface area contributed by atoms with E-state index in [0.29, 0.717) is 51.6 Å². The number of nitrogens with zero attached hydrogens (tertiary/aromatic N) is 5. The summed E-state index contributed by atoms with van der Waals surface area (Å²) in [5.41, 5.74) is 1.60. The molecule has 3 N–H and O–H groups in total. The Labute approximate surface area is 256 Å². The first-order valence-electron chi connectivity index (χ1n) is 14.7. The summed E-state index contributed by atoms with van der Waals surface area (Å²) in [4.78, 5) is 15.5. The van der Waals surface area contributed by atoms with Crippen molar-refractivity contribution in [3.63, 3.8) is 0 Å². The minimum atomic E-state index is -2.56. The van der Waals surface area contributed by atoms with E-state index in [1.54, 1.807) is 19.4 Å². The van der Waals surface area contributed by atoms with Gasteiger partial charge in [0.1, 0.15) is 36.4 Å². The van der Waals surface area contributed by atoms with Crippen molar-refractivity contribution in [3.05, 3.63) is 53.4 Å². The van der Waals surface area contributed by atoms with Crippen LogP contribution in [-0.4, -0.2) is 95.8 Å². The molecule has 2 atom stereocenters. The highest BCUT2D eigenvalue weighted by Gasteiger charge is 2.38. The van der Waals surface area contributed by atoms with Crippen LogP contribution in [0.3, 0.4) is 0 Å². The summed E-state index contributed by atoms with van der Waals surface area (Å²) in [5.74, 6) is 0.683. The van der Waals surface area contributed by atoms with Crippen LogP contribution >= 0.6 is 18.7 Å². The average molecular weight is 630 g/mol. The summed E-state index contributed by atoms with van der Waals surface area (Å²) in [6, 6.07) is 11.1. The molecule has 3 aliphatic heterocycles. The van der Waals surface area contributed by atoms with E-state index in [-0.39, 0.29) is 17.8 Å². The Morgan fingerprint density at radius 2 is 1.88 bits per heavy atom. The molecule has 0 saturated carbocycles. The molecule has 6 rings (SSSR count). The van der Waals surface area contributed by atoms with Gasteiger partial charge in [-0.25, -0.2) is 9.37 Å². The van der Waals surface area contributed by atoms with Crippen LogP contribution < -0.4 is 25.6 Å². The first kappa shape index (κ1) is 30.1. The van der Waals surface area contributed by atoms with Gasteiger partial charge in [0.25, 0.3) is 0 Å². The molecule has 0 spiro atoms. The van der Waals surface area contributed by atoms with E-state index in [4.69, 9.17) is 16.3 Å². The summed E-state index contributed by atoms with van der Waals surface area (Å²) in [5, 5.41) is 17.1. The lowest BCUT2D eigenvalue weighted by Gasteiger charge is -2.49. The number of hydrogen-bond donors (Lipinski definition) is 3. The van der Waals surface area contributed by atoms with Crippen molar-refractivity contribution >= 4 is 52.9 Å². The van der Waals surface area contributed by atoms with Gasteiger partial charge in [-0.3, -0.25) is 9.80 Å². The van der Waals surface area contributed by atoms with Crippen molar-refractivity contribution in [2.24, 2.45) is 0 Å². The van der Waals surface area contributed by atoms with Crippen LogP contribution in [-0.2, 0) is 4.57 Å². The second-order valence-corrected chi connectivity index (χ2v) is 15.5. The average Bonchev–Trinajstić information content (AvgIpc) is 2.98. The second kappa shape index (κ2) is 12.2. The Morgan fingerprint density at radius 3 is 2.63 bits per heavy atom. The monoisotopic (exact) mass is 629 g/mol. The van der Waals surface area contributed by atoms with Crippen LogP contribution in [0.15, 0.2) is 42.6 Å². The molecular weight excluding hydrogens is 592 g/mol. The van der Waals surface area contributed by atoms with Gasteiger partial charge in [-0.1, -0.05) is 23.7 Å². The Kier molecular flexibility index (Phi) is 8.54. The fraction of sp³-hybridized carbons (Fsp3) is 0.467. The van der Waals surface area contributed by atoms with Crippen LogP contribution in [0.1, 0.15) is 19.8 Å². The summed E-state index contributed by atoms with van der Waals surface area (Å²) >= 11 is 6.39. The number of aliphatic hydroxyl groups is 1. The molecule has 2 saturated heterocycles. The van der Waals surface area contributed by atoms with Gasteiger partial charge in [0.15, 0.2) is 11.6 Å². The van der Waals surface area contributed by atoms with Gasteiger partial charge in [0, 0.05) is 55.8 Å². The number of fused-ring (bicyclic) bond motifs is 3. The number of aromatic nitrogens is 2. The molecule has 0 bridgehead atoms. The number of rotatable bonds is 7. The van der Waals surface area contributed by atoms with Crippen molar-refractivity contribution in [1.82, 2.24) is 19.8 Å². The number of benzene rings is 2. The molecule has 230 valence electrons. The molecule has 13 heteroatoms. The molecule has 3 aliphatic rings. The zero-order chi connectivity index (χ0) is 30.3. The topological polar surface area (TPSA) is 106 Å². The molecule has 2 aromatic carbocycles. The van der Waals surface area contributed by atoms with Crippen molar-refractivity contribution in [3.8, 4) is 5.75 Å². The quantitative estimate of drug-likeness (QED) is 0.319. The van der Waals surface area contributed by atoms with E-state index in [0.717, 1.165) is 45.6 Å². The minimum Gasteiger partial charge on any atom is -0.489 e. The highest BCUT2D eigenvalue weighted by Crippen LogP contribution is 2.41. The first-order valence-corrected chi connectivity index (χ1v) is 17.6. The van der Waals surface area contributed by atoms with Gasteiger partial charge in [0.05, 0.1) is 17.9 Å². The normalized spacial score (nSPS) is 20.6. The van der Waals surface area contributed by atoms with Crippen molar-refractivity contribution in [2.75, 3.05) is 68.2 Å². The van der Waals surface area contributed by atoms with Crippen molar-refractivity contribution in [2.45, 2.75) is 38.1 Å². The Morgan fingerprint density at radius 1 is 1.12 bits per heavy atom. The summed E-state index contributed by atoms with van der Waals surface area (Å²) in [7, 11) is -2.56. The third-order valence-corrected chi connectivity index (χ3v) is 10.4. The third-order valence-electron chi connectivity index (χ3n) is 8.54. The Hall–Kier alpha value is -2.95. The van der Waals surface area contributed by atoms with E-state index in [2.05, 4.69) is 35.3 Å². The predicted octanol–water partition coefficient (Wildman–Crippen LogP) is 4.69. The third kappa shape index (κ3) is 6.47. The van der Waals surface area contributed by atoms with E-state index in [1.807, 2.05) is 31.2 Å². The van der Waals surface area contributed by atoms with Gasteiger partial charge in [0.2, 0.25) is 5.95 Å². The van der Waals surface area contributed by atoms with E-state index in [9.17, 15) is 9.67 Å². The highest BCUT2D eigenvalue weighted by atomic mass is 35.5. The molecule has 2 fully saturated rings. The molecule has 10 nitrogen and oxygen atoms in total. The van der Waals surface area contributed by atoms with Gasteiger partial charge >= 0.3 is 0 Å². The molecule has 0 aliphatic carbocycles. The van der Waals surface area contributed by atoms with Crippen molar-refractivity contribution in [1.29, 1.82) is 0 Å². The molecule has 3 aromatic rings. The molecule has 1 unspecified atom stereocenters. The smallest absolute Gasteiger partial charge is 0.229 e. The van der Waals surface area contributed by atoms with Crippen LogP contribution in [0.2, 0.25) is 5.02 Å². The number of ether oxygens (including phenoxy) is 1. The van der Waals surface area contributed by atoms with Crippen LogP contribution in [0.4, 0.5) is 33.2 Å². The maximum absolute atomic E-state index is 15.7. The molecule has 4 heterocycles. The van der Waals surface area contributed by atoms with Crippen LogP contribution in [0.5, 0.6) is 5.75 Å². The second-order valence-electron chi connectivity index (χ2n) is 11.9. The van der Waals surface area contributed by atoms with E-state index >= 15 is 4.39 Å². The zero-order valence-corrected chi connectivity index (χ0v) is 26.3. The van der Waals surface area contributed by atoms with E-state index < -0.39 is 13.4 Å². The Bertz CT molecular complexity index is 1530. The van der Waals surface area contributed by atoms with Crippen molar-refractivity contribution < 1.29 is 18.8 Å². The number of likely N-dealkylation sites (tertiary alicyclic amines) is 1. The predicted molar refractivity (Wildman–Crippen MR) is 170 cm³/mol. The lowest BCUT2D eigenvalue weighted by Crippen LogP contribution is -2.60. The fourth-order valence-corrected chi connectivity index (χ4v) is 7.61. The maximum Gasteiger partial charge on any atom is 0.229 e. The van der Waals surface area contributed by atoms with Gasteiger partial charge in [-0.15, -0.1) is 0 Å². The zero-order valence-electron chi connectivity index (χ0n) is 24.6. The number of piperazine rings is 1. The summed E-state index contributed by atoms with van der Waals surface area (Å²) in [6.45, 7) is 9.89.